The molecule has 4 nitrogen and oxygen atoms in total. The average molecular weight is 242 g/mol. The van der Waals surface area contributed by atoms with Crippen LogP contribution in [0.1, 0.15) is 12.5 Å². The van der Waals surface area contributed by atoms with Crippen molar-refractivity contribution >= 4 is 11.6 Å². The van der Waals surface area contributed by atoms with Crippen molar-refractivity contribution in [2.75, 3.05) is 5.32 Å². The molecular weight excluding hydrogens is 228 g/mol. The molecule has 0 saturated carbocycles. The summed E-state index contributed by atoms with van der Waals surface area (Å²) in [6, 6.07) is 11.2. The molecule has 0 unspecified atom stereocenters. The van der Waals surface area contributed by atoms with Crippen molar-refractivity contribution in [2.45, 2.75) is 13.8 Å². The highest BCUT2D eigenvalue weighted by Gasteiger charge is 2.00. The molecule has 0 aliphatic rings. The molecule has 18 heavy (non-hydrogen) atoms. The smallest absolute Gasteiger partial charge is 0.221 e. The summed E-state index contributed by atoms with van der Waals surface area (Å²) in [7, 11) is 0. The van der Waals surface area contributed by atoms with Gasteiger partial charge in [-0.15, -0.1) is 0 Å². The first-order valence-corrected chi connectivity index (χ1v) is 5.61. The Morgan fingerprint density at radius 1 is 1.17 bits per heavy atom. The molecule has 1 amide bonds. The fraction of sp³-hybridized carbons (Fsp3) is 0.143. The number of aromatic nitrogens is 1. The van der Waals surface area contributed by atoms with Crippen molar-refractivity contribution in [2.24, 2.45) is 0 Å². The molecule has 0 fully saturated rings. The van der Waals surface area contributed by atoms with E-state index in [1.54, 1.807) is 18.3 Å². The van der Waals surface area contributed by atoms with E-state index >= 15 is 0 Å². The summed E-state index contributed by atoms with van der Waals surface area (Å²) >= 11 is 0. The normalized spacial score (nSPS) is 9.89. The van der Waals surface area contributed by atoms with E-state index in [0.29, 0.717) is 11.6 Å². The molecule has 2 rings (SSSR count). The molecular formula is C14H14N2O2. The predicted octanol–water partition coefficient (Wildman–Crippen LogP) is 3.14. The maximum atomic E-state index is 10.9. The summed E-state index contributed by atoms with van der Waals surface area (Å²) in [5.74, 6) is 1.11. The third-order valence-electron chi connectivity index (χ3n) is 2.30. The Hall–Kier alpha value is -2.36. The molecule has 0 saturated heterocycles. The third-order valence-corrected chi connectivity index (χ3v) is 2.30. The van der Waals surface area contributed by atoms with Gasteiger partial charge in [0, 0.05) is 13.0 Å². The first kappa shape index (κ1) is 12.1. The SMILES string of the molecule is CC(=O)Nc1ccc(Oc2ccc(C)cc2)nc1. The van der Waals surface area contributed by atoms with Crippen molar-refractivity contribution < 1.29 is 9.53 Å². The molecule has 92 valence electrons. The minimum absolute atomic E-state index is 0.121. The van der Waals surface area contributed by atoms with Crippen molar-refractivity contribution in [3.8, 4) is 11.6 Å². The van der Waals surface area contributed by atoms with Crippen LogP contribution in [0, 0.1) is 6.92 Å². The zero-order valence-corrected chi connectivity index (χ0v) is 10.3. The number of carbonyl (C=O) groups is 1. The lowest BCUT2D eigenvalue weighted by molar-refractivity contribution is -0.114. The zero-order chi connectivity index (χ0) is 13.0. The van der Waals surface area contributed by atoms with Gasteiger partial charge in [-0.05, 0) is 25.1 Å². The standard InChI is InChI=1S/C14H14N2O2/c1-10-3-6-13(7-4-10)18-14-8-5-12(9-15-14)16-11(2)17/h3-9H,1-2H3,(H,16,17). The van der Waals surface area contributed by atoms with Crippen LogP contribution in [0.4, 0.5) is 5.69 Å². The zero-order valence-electron chi connectivity index (χ0n) is 10.3. The van der Waals surface area contributed by atoms with E-state index in [4.69, 9.17) is 4.74 Å². The molecule has 1 aromatic heterocycles. The Bertz CT molecular complexity index is 533. The third kappa shape index (κ3) is 3.31. The molecule has 0 aliphatic carbocycles. The van der Waals surface area contributed by atoms with Crippen LogP contribution in [0.25, 0.3) is 0 Å². The number of ether oxygens (including phenoxy) is 1. The highest BCUT2D eigenvalue weighted by Crippen LogP contribution is 2.20. The van der Waals surface area contributed by atoms with Crippen LogP contribution in [-0.4, -0.2) is 10.9 Å². The summed E-state index contributed by atoms with van der Waals surface area (Å²) in [6.07, 6.45) is 1.56. The number of benzene rings is 1. The van der Waals surface area contributed by atoms with E-state index in [-0.39, 0.29) is 5.91 Å². The van der Waals surface area contributed by atoms with Gasteiger partial charge in [-0.1, -0.05) is 17.7 Å². The predicted molar refractivity (Wildman–Crippen MR) is 69.8 cm³/mol. The second-order valence-corrected chi connectivity index (χ2v) is 3.98. The van der Waals surface area contributed by atoms with Gasteiger partial charge < -0.3 is 10.1 Å². The van der Waals surface area contributed by atoms with Gasteiger partial charge in [0.15, 0.2) is 0 Å². The highest BCUT2D eigenvalue weighted by atomic mass is 16.5. The van der Waals surface area contributed by atoms with Gasteiger partial charge in [-0.2, -0.15) is 0 Å². The van der Waals surface area contributed by atoms with Gasteiger partial charge in [0.1, 0.15) is 5.75 Å². The lowest BCUT2D eigenvalue weighted by atomic mass is 10.2. The molecule has 1 aromatic carbocycles. The van der Waals surface area contributed by atoms with E-state index in [2.05, 4.69) is 10.3 Å². The number of nitrogens with zero attached hydrogens (tertiary/aromatic N) is 1. The van der Waals surface area contributed by atoms with Crippen molar-refractivity contribution in [3.63, 3.8) is 0 Å². The van der Waals surface area contributed by atoms with Gasteiger partial charge in [-0.25, -0.2) is 4.98 Å². The van der Waals surface area contributed by atoms with Crippen molar-refractivity contribution in [3.05, 3.63) is 48.2 Å². The molecule has 1 heterocycles. The van der Waals surface area contributed by atoms with E-state index < -0.39 is 0 Å². The van der Waals surface area contributed by atoms with E-state index in [9.17, 15) is 4.79 Å². The van der Waals surface area contributed by atoms with Crippen LogP contribution >= 0.6 is 0 Å². The Kier molecular flexibility index (Phi) is 3.57. The molecule has 2 aromatic rings. The van der Waals surface area contributed by atoms with Crippen molar-refractivity contribution in [1.29, 1.82) is 0 Å². The number of carbonyl (C=O) groups excluding carboxylic acids is 1. The Balaban J connectivity index is 2.06. The largest absolute Gasteiger partial charge is 0.439 e. The Morgan fingerprint density at radius 3 is 2.44 bits per heavy atom. The number of rotatable bonds is 3. The first-order valence-electron chi connectivity index (χ1n) is 5.61. The number of amides is 1. The fourth-order valence-corrected chi connectivity index (χ4v) is 1.44. The van der Waals surface area contributed by atoms with Crippen LogP contribution in [0.5, 0.6) is 11.6 Å². The van der Waals surface area contributed by atoms with Crippen LogP contribution in [0.2, 0.25) is 0 Å². The summed E-state index contributed by atoms with van der Waals surface area (Å²) in [5, 5.41) is 2.65. The molecule has 1 N–H and O–H groups in total. The highest BCUT2D eigenvalue weighted by molar-refractivity contribution is 5.88. The first-order chi connectivity index (χ1) is 8.63. The number of aryl methyl sites for hydroxylation is 1. The molecule has 0 atom stereocenters. The van der Waals surface area contributed by atoms with Crippen LogP contribution in [0.15, 0.2) is 42.6 Å². The average Bonchev–Trinajstić information content (AvgIpc) is 2.34. The minimum Gasteiger partial charge on any atom is -0.439 e. The van der Waals surface area contributed by atoms with Crippen LogP contribution < -0.4 is 10.1 Å². The number of nitrogens with one attached hydrogen (secondary N) is 1. The Labute approximate surface area is 106 Å². The van der Waals surface area contributed by atoms with E-state index in [0.717, 1.165) is 5.75 Å². The Morgan fingerprint density at radius 2 is 1.89 bits per heavy atom. The van der Waals surface area contributed by atoms with Crippen molar-refractivity contribution in [1.82, 2.24) is 4.98 Å². The summed E-state index contributed by atoms with van der Waals surface area (Å²) < 4.78 is 5.57. The maximum absolute atomic E-state index is 10.9. The van der Waals surface area contributed by atoms with Gasteiger partial charge in [0.2, 0.25) is 11.8 Å². The van der Waals surface area contributed by atoms with Gasteiger partial charge >= 0.3 is 0 Å². The summed E-state index contributed by atoms with van der Waals surface area (Å²) in [6.45, 7) is 3.47. The molecule has 0 radical (unpaired) electrons. The summed E-state index contributed by atoms with van der Waals surface area (Å²) in [4.78, 5) is 15.0. The number of hydrogen-bond acceptors (Lipinski definition) is 3. The number of anilines is 1. The van der Waals surface area contributed by atoms with Crippen LogP contribution in [-0.2, 0) is 4.79 Å². The van der Waals surface area contributed by atoms with Crippen LogP contribution in [0.3, 0.4) is 0 Å². The molecule has 0 aliphatic heterocycles. The lowest BCUT2D eigenvalue weighted by Crippen LogP contribution is -2.05. The van der Waals surface area contributed by atoms with Gasteiger partial charge in [0.05, 0.1) is 11.9 Å². The molecule has 0 bridgehead atoms. The van der Waals surface area contributed by atoms with E-state index in [1.165, 1.54) is 12.5 Å². The lowest BCUT2D eigenvalue weighted by Gasteiger charge is -2.06. The summed E-state index contributed by atoms with van der Waals surface area (Å²) in [5.41, 5.74) is 1.83. The molecule has 4 heteroatoms. The second kappa shape index (κ2) is 5.31. The molecule has 0 spiro atoms. The van der Waals surface area contributed by atoms with Gasteiger partial charge in [-0.3, -0.25) is 4.79 Å². The number of pyridine rings is 1. The van der Waals surface area contributed by atoms with Gasteiger partial charge in [0.25, 0.3) is 0 Å². The minimum atomic E-state index is -0.121. The van der Waals surface area contributed by atoms with E-state index in [1.807, 2.05) is 31.2 Å². The quantitative estimate of drug-likeness (QED) is 0.899. The second-order valence-electron chi connectivity index (χ2n) is 3.98. The maximum Gasteiger partial charge on any atom is 0.221 e. The topological polar surface area (TPSA) is 51.2 Å². The monoisotopic (exact) mass is 242 g/mol. The fourth-order valence-electron chi connectivity index (χ4n) is 1.44. The number of hydrogen-bond donors (Lipinski definition) is 1.